The van der Waals surface area contributed by atoms with Gasteiger partial charge in [0.1, 0.15) is 0 Å². The molecule has 1 fully saturated rings. The van der Waals surface area contributed by atoms with Crippen molar-refractivity contribution in [3.8, 4) is 0 Å². The number of carbonyl (C=O) groups is 3. The molecule has 10 heteroatoms. The zero-order valence-electron chi connectivity index (χ0n) is 9.06. The van der Waals surface area contributed by atoms with Gasteiger partial charge in [-0.05, 0) is 6.92 Å². The van der Waals surface area contributed by atoms with Crippen molar-refractivity contribution >= 4 is 57.2 Å². The van der Waals surface area contributed by atoms with Crippen LogP contribution in [0.3, 0.4) is 0 Å². The number of barbiturate groups is 1. The number of urea groups is 1. The third kappa shape index (κ3) is 4.32. The minimum absolute atomic E-state index is 0. The number of ether oxygens (including phenoxy) is 1. The Balaban J connectivity index is 0.00000289. The molecule has 18 heavy (non-hydrogen) atoms. The summed E-state index contributed by atoms with van der Waals surface area (Å²) in [5.74, 6) is -2.72. The van der Waals surface area contributed by atoms with E-state index in [1.54, 1.807) is 17.6 Å². The standard InChI is InChI=1S/C8H12N2O6S.Na.H/c1-2-16-3-4-17(14,15)5-6(11)9-8(13)10-7(5)12;;/h5H,2-4H2,1H3,(H2,9,10,11,12,13);;. The summed E-state index contributed by atoms with van der Waals surface area (Å²) in [7, 11) is -3.98. The Bertz CT molecular complexity index is 429. The van der Waals surface area contributed by atoms with Crippen LogP contribution in [-0.4, -0.2) is 80.0 Å². The van der Waals surface area contributed by atoms with E-state index in [1.165, 1.54) is 0 Å². The average Bonchev–Trinajstić information content (AvgIpc) is 2.15. The van der Waals surface area contributed by atoms with Crippen molar-refractivity contribution in [1.29, 1.82) is 0 Å². The first kappa shape index (κ1) is 17.5. The second-order valence-electron chi connectivity index (χ2n) is 3.25. The van der Waals surface area contributed by atoms with Gasteiger partial charge in [-0.1, -0.05) is 0 Å². The summed E-state index contributed by atoms with van der Waals surface area (Å²) in [4.78, 5) is 33.3. The van der Waals surface area contributed by atoms with Crippen LogP contribution in [0.5, 0.6) is 0 Å². The first-order chi connectivity index (χ1) is 7.88. The van der Waals surface area contributed by atoms with Gasteiger partial charge in [0.2, 0.25) is 5.25 Å². The molecule has 1 heterocycles. The second-order valence-corrected chi connectivity index (χ2v) is 5.46. The molecule has 1 rings (SSSR count). The fourth-order valence-electron chi connectivity index (χ4n) is 1.27. The molecule has 8 nitrogen and oxygen atoms in total. The quantitative estimate of drug-likeness (QED) is 0.328. The van der Waals surface area contributed by atoms with Crippen LogP contribution in [0.15, 0.2) is 0 Å². The molecule has 0 atom stereocenters. The van der Waals surface area contributed by atoms with E-state index in [-0.39, 0.29) is 36.2 Å². The van der Waals surface area contributed by atoms with Crippen molar-refractivity contribution < 1.29 is 27.5 Å². The molecule has 0 aromatic rings. The van der Waals surface area contributed by atoms with Crippen molar-refractivity contribution in [3.05, 3.63) is 0 Å². The van der Waals surface area contributed by atoms with Gasteiger partial charge in [-0.2, -0.15) is 0 Å². The molecule has 1 aliphatic heterocycles. The van der Waals surface area contributed by atoms with Gasteiger partial charge in [-0.25, -0.2) is 13.2 Å². The molecule has 0 aliphatic carbocycles. The molecular weight excluding hydrogens is 275 g/mol. The molecule has 0 spiro atoms. The van der Waals surface area contributed by atoms with Crippen molar-refractivity contribution in [2.75, 3.05) is 19.0 Å². The Kier molecular flexibility index (Phi) is 7.00. The summed E-state index contributed by atoms with van der Waals surface area (Å²) in [5, 5.41) is 1.56. The van der Waals surface area contributed by atoms with E-state index in [1.807, 2.05) is 0 Å². The molecule has 0 unspecified atom stereocenters. The zero-order valence-corrected chi connectivity index (χ0v) is 9.87. The molecule has 0 radical (unpaired) electrons. The van der Waals surface area contributed by atoms with E-state index >= 15 is 0 Å². The first-order valence-corrected chi connectivity index (χ1v) is 6.55. The molecular formula is C8H13N2NaO6S. The van der Waals surface area contributed by atoms with Crippen molar-refractivity contribution in [3.63, 3.8) is 0 Å². The Hall–Kier alpha value is -0.480. The summed E-state index contributed by atoms with van der Waals surface area (Å²) in [6.07, 6.45) is 0. The number of sulfone groups is 1. The normalized spacial score (nSPS) is 16.8. The molecule has 2 N–H and O–H groups in total. The van der Waals surface area contributed by atoms with Gasteiger partial charge in [0.05, 0.1) is 12.4 Å². The average molecular weight is 288 g/mol. The van der Waals surface area contributed by atoms with Crippen LogP contribution in [0.2, 0.25) is 0 Å². The number of hydrogen-bond donors (Lipinski definition) is 2. The molecule has 0 aromatic carbocycles. The predicted octanol–water partition coefficient (Wildman–Crippen LogP) is -2.48. The summed E-state index contributed by atoms with van der Waals surface area (Å²) in [6.45, 7) is 1.91. The van der Waals surface area contributed by atoms with Crippen LogP contribution >= 0.6 is 0 Å². The van der Waals surface area contributed by atoms with Crippen molar-refractivity contribution in [2.24, 2.45) is 0 Å². The fraction of sp³-hybridized carbons (Fsp3) is 0.625. The van der Waals surface area contributed by atoms with Gasteiger partial charge in [-0.3, -0.25) is 20.2 Å². The van der Waals surface area contributed by atoms with Crippen LogP contribution in [0.25, 0.3) is 0 Å². The Labute approximate surface area is 126 Å². The van der Waals surface area contributed by atoms with E-state index in [4.69, 9.17) is 4.74 Å². The third-order valence-electron chi connectivity index (χ3n) is 2.03. The van der Waals surface area contributed by atoms with Gasteiger partial charge < -0.3 is 4.74 Å². The number of amides is 4. The van der Waals surface area contributed by atoms with Gasteiger partial charge >= 0.3 is 35.6 Å². The van der Waals surface area contributed by atoms with E-state index in [9.17, 15) is 22.8 Å². The number of nitrogens with one attached hydrogen (secondary N) is 2. The predicted molar refractivity (Wildman–Crippen MR) is 62.9 cm³/mol. The second kappa shape index (κ2) is 7.19. The monoisotopic (exact) mass is 288 g/mol. The zero-order chi connectivity index (χ0) is 13.1. The summed E-state index contributed by atoms with van der Waals surface area (Å²) in [6, 6.07) is -1.02. The molecule has 4 amide bonds. The third-order valence-corrected chi connectivity index (χ3v) is 3.91. The Morgan fingerprint density at radius 3 is 2.11 bits per heavy atom. The van der Waals surface area contributed by atoms with Crippen LogP contribution < -0.4 is 10.6 Å². The molecule has 0 bridgehead atoms. The maximum absolute atomic E-state index is 11.7. The summed E-state index contributed by atoms with van der Waals surface area (Å²) in [5.41, 5.74) is 0. The first-order valence-electron chi connectivity index (χ1n) is 4.83. The van der Waals surface area contributed by atoms with Crippen molar-refractivity contribution in [2.45, 2.75) is 12.2 Å². The summed E-state index contributed by atoms with van der Waals surface area (Å²) >= 11 is 0. The van der Waals surface area contributed by atoms with E-state index < -0.39 is 38.7 Å². The van der Waals surface area contributed by atoms with Crippen LogP contribution in [0.1, 0.15) is 6.92 Å². The molecule has 1 saturated heterocycles. The number of carbonyl (C=O) groups excluding carboxylic acids is 3. The summed E-state index contributed by atoms with van der Waals surface area (Å²) < 4.78 is 28.2. The molecule has 98 valence electrons. The molecule has 0 aromatic heterocycles. The van der Waals surface area contributed by atoms with Gasteiger partial charge in [0.25, 0.3) is 11.8 Å². The molecule has 0 saturated carbocycles. The van der Waals surface area contributed by atoms with Gasteiger partial charge in [0.15, 0.2) is 9.84 Å². The van der Waals surface area contributed by atoms with E-state index in [0.717, 1.165) is 0 Å². The van der Waals surface area contributed by atoms with Crippen LogP contribution in [-0.2, 0) is 24.2 Å². The van der Waals surface area contributed by atoms with Gasteiger partial charge in [-0.15, -0.1) is 0 Å². The topological polar surface area (TPSA) is 119 Å². The van der Waals surface area contributed by atoms with E-state index in [0.29, 0.717) is 6.61 Å². The van der Waals surface area contributed by atoms with Crippen molar-refractivity contribution in [1.82, 2.24) is 10.6 Å². The molecule has 1 aliphatic rings. The van der Waals surface area contributed by atoms with Crippen LogP contribution in [0, 0.1) is 0 Å². The fourth-order valence-corrected chi connectivity index (χ4v) is 2.62. The number of imide groups is 2. The number of hydrogen-bond acceptors (Lipinski definition) is 6. The Morgan fingerprint density at radius 1 is 1.17 bits per heavy atom. The van der Waals surface area contributed by atoms with Crippen LogP contribution in [0.4, 0.5) is 4.79 Å². The Morgan fingerprint density at radius 2 is 1.67 bits per heavy atom. The minimum atomic E-state index is -3.98. The maximum atomic E-state index is 11.7. The van der Waals surface area contributed by atoms with E-state index in [2.05, 4.69) is 0 Å². The van der Waals surface area contributed by atoms with Gasteiger partial charge in [0, 0.05) is 6.61 Å². The number of rotatable bonds is 5. The SMILES string of the molecule is CCOCCS(=O)(=O)C1C(=O)NC(=O)NC1=O.[NaH].